The molecule has 0 spiro atoms. The van der Waals surface area contributed by atoms with Gasteiger partial charge in [0.1, 0.15) is 0 Å². The lowest BCUT2D eigenvalue weighted by molar-refractivity contribution is 0.0999. The summed E-state index contributed by atoms with van der Waals surface area (Å²) in [6.45, 7) is -0.148. The molecule has 1 aromatic carbocycles. The van der Waals surface area contributed by atoms with Crippen LogP contribution in [-0.2, 0) is 6.42 Å². The van der Waals surface area contributed by atoms with Gasteiger partial charge in [-0.2, -0.15) is 0 Å². The van der Waals surface area contributed by atoms with Gasteiger partial charge in [-0.05, 0) is 18.1 Å². The van der Waals surface area contributed by atoms with Crippen LogP contribution in [0.25, 0.3) is 0 Å². The molecule has 0 radical (unpaired) electrons. The van der Waals surface area contributed by atoms with Gasteiger partial charge in [0.05, 0.1) is 17.2 Å². The Bertz CT molecular complexity index is 368. The molecule has 0 aliphatic heterocycles. The Balaban J connectivity index is 3.06. The minimum Gasteiger partial charge on any atom is -0.395 e. The topological polar surface area (TPSA) is 89.3 Å². The molecule has 5 N–H and O–H groups in total. The molecule has 0 bridgehead atoms. The molecule has 0 aromatic heterocycles. The number of amides is 1. The van der Waals surface area contributed by atoms with E-state index in [1.54, 1.807) is 18.2 Å². The average Bonchev–Trinajstić information content (AvgIpc) is 2.17. The first-order valence-electron chi connectivity index (χ1n) is 4.50. The molecular weight excluding hydrogens is 216 g/mol. The third-order valence-corrected chi connectivity index (χ3v) is 2.38. The average molecular weight is 229 g/mol. The highest BCUT2D eigenvalue weighted by Gasteiger charge is 2.14. The first kappa shape index (κ1) is 12.0. The molecule has 0 aliphatic carbocycles. The Labute approximate surface area is 92.8 Å². The standard InChI is InChI=1S/C10H13ClN2O2/c11-8-3-1-2-6(4-7(12)5-14)9(8)10(13)15/h1-3,7,14H,4-5,12H2,(H2,13,15)/t7-/m0/s1. The number of carbonyl (C=O) groups is 1. The molecule has 82 valence electrons. The Morgan fingerprint density at radius 2 is 2.20 bits per heavy atom. The van der Waals surface area contributed by atoms with E-state index < -0.39 is 11.9 Å². The minimum absolute atomic E-state index is 0.148. The summed E-state index contributed by atoms with van der Waals surface area (Å²) in [5.74, 6) is -0.583. The molecule has 1 rings (SSSR count). The summed E-state index contributed by atoms with van der Waals surface area (Å²) in [7, 11) is 0. The van der Waals surface area contributed by atoms with Crippen molar-refractivity contribution in [2.75, 3.05) is 6.61 Å². The Morgan fingerprint density at radius 1 is 1.53 bits per heavy atom. The maximum Gasteiger partial charge on any atom is 0.250 e. The van der Waals surface area contributed by atoms with Gasteiger partial charge in [-0.25, -0.2) is 0 Å². The number of primary amides is 1. The summed E-state index contributed by atoms with van der Waals surface area (Å²) in [4.78, 5) is 11.1. The number of benzene rings is 1. The number of halogens is 1. The number of hydrogen-bond acceptors (Lipinski definition) is 3. The fourth-order valence-electron chi connectivity index (χ4n) is 1.36. The zero-order chi connectivity index (χ0) is 11.4. The van der Waals surface area contributed by atoms with E-state index in [4.69, 9.17) is 28.2 Å². The van der Waals surface area contributed by atoms with Gasteiger partial charge in [0.2, 0.25) is 5.91 Å². The van der Waals surface area contributed by atoms with E-state index in [9.17, 15) is 4.79 Å². The second kappa shape index (κ2) is 5.11. The van der Waals surface area contributed by atoms with Gasteiger partial charge in [-0.1, -0.05) is 23.7 Å². The van der Waals surface area contributed by atoms with E-state index >= 15 is 0 Å². The summed E-state index contributed by atoms with van der Waals surface area (Å²) in [6.07, 6.45) is 0.370. The van der Waals surface area contributed by atoms with Gasteiger partial charge in [-0.3, -0.25) is 4.79 Å². The van der Waals surface area contributed by atoms with Crippen LogP contribution in [-0.4, -0.2) is 23.7 Å². The lowest BCUT2D eigenvalue weighted by Gasteiger charge is -2.11. The Kier molecular flexibility index (Phi) is 4.08. The van der Waals surface area contributed by atoms with Crippen molar-refractivity contribution in [1.82, 2.24) is 0 Å². The van der Waals surface area contributed by atoms with Crippen molar-refractivity contribution in [1.29, 1.82) is 0 Å². The normalized spacial score (nSPS) is 12.5. The number of hydrogen-bond donors (Lipinski definition) is 3. The monoisotopic (exact) mass is 228 g/mol. The van der Waals surface area contributed by atoms with E-state index in [0.29, 0.717) is 17.0 Å². The lowest BCUT2D eigenvalue weighted by Crippen LogP contribution is -2.28. The first-order chi connectivity index (χ1) is 7.06. The van der Waals surface area contributed by atoms with Crippen LogP contribution in [0.15, 0.2) is 18.2 Å². The van der Waals surface area contributed by atoms with Crippen LogP contribution in [0.2, 0.25) is 5.02 Å². The number of aliphatic hydroxyl groups excluding tert-OH is 1. The molecule has 15 heavy (non-hydrogen) atoms. The zero-order valence-corrected chi connectivity index (χ0v) is 8.87. The molecule has 0 unspecified atom stereocenters. The molecule has 0 aliphatic rings. The lowest BCUT2D eigenvalue weighted by atomic mass is 10.0. The van der Waals surface area contributed by atoms with Crippen molar-refractivity contribution in [3.8, 4) is 0 Å². The summed E-state index contributed by atoms with van der Waals surface area (Å²) in [5.41, 5.74) is 11.7. The van der Waals surface area contributed by atoms with Crippen LogP contribution in [0.5, 0.6) is 0 Å². The maximum atomic E-state index is 11.1. The van der Waals surface area contributed by atoms with Gasteiger partial charge >= 0.3 is 0 Å². The van der Waals surface area contributed by atoms with Crippen molar-refractivity contribution < 1.29 is 9.90 Å². The summed E-state index contributed by atoms with van der Waals surface area (Å²) in [5, 5.41) is 9.13. The molecule has 1 aromatic rings. The van der Waals surface area contributed by atoms with Gasteiger partial charge in [0, 0.05) is 6.04 Å². The highest BCUT2D eigenvalue weighted by molar-refractivity contribution is 6.34. The first-order valence-corrected chi connectivity index (χ1v) is 4.87. The summed E-state index contributed by atoms with van der Waals surface area (Å²) in [6, 6.07) is 4.62. The number of nitrogens with two attached hydrogens (primary N) is 2. The van der Waals surface area contributed by atoms with E-state index in [1.165, 1.54) is 0 Å². The molecule has 0 heterocycles. The van der Waals surface area contributed by atoms with Crippen molar-refractivity contribution in [3.63, 3.8) is 0 Å². The van der Waals surface area contributed by atoms with Crippen LogP contribution in [0.1, 0.15) is 15.9 Å². The second-order valence-corrected chi connectivity index (χ2v) is 3.69. The second-order valence-electron chi connectivity index (χ2n) is 3.28. The van der Waals surface area contributed by atoms with Crippen LogP contribution in [0.3, 0.4) is 0 Å². The van der Waals surface area contributed by atoms with Crippen LogP contribution < -0.4 is 11.5 Å². The van der Waals surface area contributed by atoms with Crippen LogP contribution in [0, 0.1) is 0 Å². The van der Waals surface area contributed by atoms with Crippen molar-refractivity contribution in [2.24, 2.45) is 11.5 Å². The third kappa shape index (κ3) is 2.92. The quantitative estimate of drug-likeness (QED) is 0.693. The Morgan fingerprint density at radius 3 is 2.73 bits per heavy atom. The molecule has 4 nitrogen and oxygen atoms in total. The highest BCUT2D eigenvalue weighted by atomic mass is 35.5. The summed E-state index contributed by atoms with van der Waals surface area (Å²) >= 11 is 5.85. The van der Waals surface area contributed by atoms with E-state index in [-0.39, 0.29) is 12.2 Å². The van der Waals surface area contributed by atoms with E-state index in [1.807, 2.05) is 0 Å². The van der Waals surface area contributed by atoms with Crippen molar-refractivity contribution in [2.45, 2.75) is 12.5 Å². The van der Waals surface area contributed by atoms with Crippen LogP contribution in [0.4, 0.5) is 0 Å². The van der Waals surface area contributed by atoms with E-state index in [2.05, 4.69) is 0 Å². The molecule has 0 saturated carbocycles. The van der Waals surface area contributed by atoms with Crippen LogP contribution >= 0.6 is 11.6 Å². The van der Waals surface area contributed by atoms with Crippen molar-refractivity contribution in [3.05, 3.63) is 34.3 Å². The zero-order valence-electron chi connectivity index (χ0n) is 8.11. The number of aliphatic hydroxyl groups is 1. The number of rotatable bonds is 4. The molecule has 1 atom stereocenters. The molecule has 1 amide bonds. The fraction of sp³-hybridized carbons (Fsp3) is 0.300. The molecule has 0 fully saturated rings. The SMILES string of the molecule is NC(=O)c1c(Cl)cccc1C[C@H](N)CO. The highest BCUT2D eigenvalue weighted by Crippen LogP contribution is 2.20. The fourth-order valence-corrected chi connectivity index (χ4v) is 1.65. The van der Waals surface area contributed by atoms with Gasteiger partial charge in [0.25, 0.3) is 0 Å². The van der Waals surface area contributed by atoms with Gasteiger partial charge in [0.15, 0.2) is 0 Å². The largest absolute Gasteiger partial charge is 0.395 e. The number of carbonyl (C=O) groups excluding carboxylic acids is 1. The van der Waals surface area contributed by atoms with Gasteiger partial charge < -0.3 is 16.6 Å². The van der Waals surface area contributed by atoms with E-state index in [0.717, 1.165) is 0 Å². The van der Waals surface area contributed by atoms with Gasteiger partial charge in [-0.15, -0.1) is 0 Å². The van der Waals surface area contributed by atoms with Crippen molar-refractivity contribution >= 4 is 17.5 Å². The molecular formula is C10H13ClN2O2. The molecule has 0 saturated heterocycles. The predicted molar refractivity (Wildman–Crippen MR) is 58.7 cm³/mol. The predicted octanol–water partition coefficient (Wildman–Crippen LogP) is 0.301. The maximum absolute atomic E-state index is 11.1. The Hall–Kier alpha value is -1.10. The smallest absolute Gasteiger partial charge is 0.250 e. The minimum atomic E-state index is -0.583. The molecule has 5 heteroatoms. The third-order valence-electron chi connectivity index (χ3n) is 2.06. The summed E-state index contributed by atoms with van der Waals surface area (Å²) < 4.78 is 0.